The van der Waals surface area contributed by atoms with Gasteiger partial charge in [-0.1, -0.05) is 12.2 Å². The fraction of sp³-hybridized carbons (Fsp3) is 0.500. The lowest BCUT2D eigenvalue weighted by atomic mass is 10.2. The normalized spacial score (nSPS) is 13.8. The van der Waals surface area contributed by atoms with E-state index in [1.165, 1.54) is 0 Å². The lowest BCUT2D eigenvalue weighted by molar-refractivity contribution is -0.138. The molecule has 0 bridgehead atoms. The summed E-state index contributed by atoms with van der Waals surface area (Å²) in [6, 6.07) is -0.803. The van der Waals surface area contributed by atoms with E-state index in [1.54, 1.807) is 12.2 Å². The van der Waals surface area contributed by atoms with Gasteiger partial charge in [0.2, 0.25) is 0 Å². The maximum absolute atomic E-state index is 10.1. The van der Waals surface area contributed by atoms with E-state index in [2.05, 4.69) is 0 Å². The highest BCUT2D eigenvalue weighted by atomic mass is 16.4. The Morgan fingerprint density at radius 2 is 2.20 bits per heavy atom. The molecule has 0 saturated heterocycles. The van der Waals surface area contributed by atoms with Crippen molar-refractivity contribution < 1.29 is 9.90 Å². The molecule has 1 atom stereocenters. The zero-order valence-corrected chi connectivity index (χ0v) is 5.66. The number of hydrogen-bond donors (Lipinski definition) is 3. The summed E-state index contributed by atoms with van der Waals surface area (Å²) in [5.74, 6) is -0.985. The van der Waals surface area contributed by atoms with Gasteiger partial charge in [-0.2, -0.15) is 0 Å². The quantitative estimate of drug-likeness (QED) is 0.455. The van der Waals surface area contributed by atoms with Crippen LogP contribution >= 0.6 is 0 Å². The lowest BCUT2D eigenvalue weighted by Crippen LogP contribution is -2.29. The standard InChI is InChI=1S/C6H12N2O2/c7-4-2-1-3-5(8)6(9)10/h1-2,5H,3-4,7-8H2,(H,9,10)/b2-1+. The highest BCUT2D eigenvalue weighted by Crippen LogP contribution is 1.88. The first-order valence-electron chi connectivity index (χ1n) is 3.02. The van der Waals surface area contributed by atoms with Crippen molar-refractivity contribution >= 4 is 5.97 Å². The van der Waals surface area contributed by atoms with Crippen molar-refractivity contribution in [2.24, 2.45) is 11.5 Å². The first kappa shape index (κ1) is 9.13. The third kappa shape index (κ3) is 4.05. The summed E-state index contributed by atoms with van der Waals surface area (Å²) >= 11 is 0. The van der Waals surface area contributed by atoms with Crippen LogP contribution in [-0.4, -0.2) is 23.7 Å². The Hall–Kier alpha value is -0.870. The van der Waals surface area contributed by atoms with Crippen LogP contribution in [0, 0.1) is 0 Å². The number of carbonyl (C=O) groups is 1. The van der Waals surface area contributed by atoms with Crippen molar-refractivity contribution in [1.82, 2.24) is 0 Å². The molecule has 0 aromatic carbocycles. The van der Waals surface area contributed by atoms with Crippen molar-refractivity contribution in [3.63, 3.8) is 0 Å². The van der Waals surface area contributed by atoms with Crippen LogP contribution in [0.1, 0.15) is 6.42 Å². The maximum atomic E-state index is 10.1. The van der Waals surface area contributed by atoms with Crippen LogP contribution in [0.4, 0.5) is 0 Å². The SMILES string of the molecule is NC/C=C/CC(N)C(=O)O. The van der Waals surface area contributed by atoms with E-state index in [9.17, 15) is 4.79 Å². The molecule has 10 heavy (non-hydrogen) atoms. The molecular formula is C6H12N2O2. The highest BCUT2D eigenvalue weighted by Gasteiger charge is 2.07. The summed E-state index contributed by atoms with van der Waals surface area (Å²) in [6.45, 7) is 0.423. The van der Waals surface area contributed by atoms with Crippen LogP contribution < -0.4 is 11.5 Å². The molecule has 0 amide bonds. The van der Waals surface area contributed by atoms with Gasteiger partial charge in [-0.3, -0.25) is 4.79 Å². The van der Waals surface area contributed by atoms with E-state index >= 15 is 0 Å². The predicted molar refractivity (Wildman–Crippen MR) is 38.4 cm³/mol. The van der Waals surface area contributed by atoms with E-state index in [1.807, 2.05) is 0 Å². The molecule has 0 fully saturated rings. The summed E-state index contributed by atoms with van der Waals surface area (Å²) < 4.78 is 0. The molecule has 0 aliphatic rings. The van der Waals surface area contributed by atoms with E-state index in [4.69, 9.17) is 16.6 Å². The van der Waals surface area contributed by atoms with E-state index in [0.29, 0.717) is 13.0 Å². The predicted octanol–water partition coefficient (Wildman–Crippen LogP) is -0.697. The zero-order valence-electron chi connectivity index (χ0n) is 5.66. The van der Waals surface area contributed by atoms with Crippen molar-refractivity contribution in [3.8, 4) is 0 Å². The number of nitrogens with two attached hydrogens (primary N) is 2. The molecule has 1 unspecified atom stereocenters. The number of rotatable bonds is 4. The van der Waals surface area contributed by atoms with Crippen LogP contribution in [0.5, 0.6) is 0 Å². The van der Waals surface area contributed by atoms with Gasteiger partial charge in [0.05, 0.1) is 0 Å². The molecule has 0 rings (SSSR count). The topological polar surface area (TPSA) is 89.3 Å². The molecule has 4 heteroatoms. The Morgan fingerprint density at radius 3 is 2.60 bits per heavy atom. The van der Waals surface area contributed by atoms with Crippen molar-refractivity contribution in [2.45, 2.75) is 12.5 Å². The zero-order chi connectivity index (χ0) is 7.98. The van der Waals surface area contributed by atoms with Crippen LogP contribution in [0.2, 0.25) is 0 Å². The summed E-state index contributed by atoms with van der Waals surface area (Å²) in [5.41, 5.74) is 10.3. The van der Waals surface area contributed by atoms with Gasteiger partial charge in [-0.25, -0.2) is 0 Å². The molecule has 5 N–H and O–H groups in total. The van der Waals surface area contributed by atoms with Crippen molar-refractivity contribution in [2.75, 3.05) is 6.54 Å². The molecule has 4 nitrogen and oxygen atoms in total. The molecule has 0 saturated carbocycles. The molecule has 0 aromatic rings. The molecule has 0 aliphatic carbocycles. The van der Waals surface area contributed by atoms with Gasteiger partial charge < -0.3 is 16.6 Å². The van der Waals surface area contributed by atoms with Gasteiger partial charge in [0.15, 0.2) is 0 Å². The lowest BCUT2D eigenvalue weighted by Gasteiger charge is -1.99. The molecule has 0 spiro atoms. The minimum atomic E-state index is -0.985. The van der Waals surface area contributed by atoms with E-state index in [-0.39, 0.29) is 0 Å². The Labute approximate surface area is 59.5 Å². The summed E-state index contributed by atoms with van der Waals surface area (Å²) in [7, 11) is 0. The Bertz CT molecular complexity index is 134. The molecule has 0 aliphatic heterocycles. The fourth-order valence-electron chi connectivity index (χ4n) is 0.440. The third-order valence-electron chi connectivity index (χ3n) is 1.01. The second-order valence-electron chi connectivity index (χ2n) is 1.89. The first-order chi connectivity index (χ1) is 4.68. The number of carboxylic acids is 1. The Morgan fingerprint density at radius 1 is 1.60 bits per heavy atom. The third-order valence-corrected chi connectivity index (χ3v) is 1.01. The van der Waals surface area contributed by atoms with Gasteiger partial charge in [0.25, 0.3) is 0 Å². The van der Waals surface area contributed by atoms with Crippen molar-refractivity contribution in [1.29, 1.82) is 0 Å². The van der Waals surface area contributed by atoms with Gasteiger partial charge in [0.1, 0.15) is 6.04 Å². The van der Waals surface area contributed by atoms with Gasteiger partial charge in [0, 0.05) is 6.54 Å². The van der Waals surface area contributed by atoms with E-state index in [0.717, 1.165) is 0 Å². The van der Waals surface area contributed by atoms with Crippen LogP contribution in [0.3, 0.4) is 0 Å². The summed E-state index contributed by atoms with van der Waals surface area (Å²) in [4.78, 5) is 10.1. The monoisotopic (exact) mass is 144 g/mol. The summed E-state index contributed by atoms with van der Waals surface area (Å²) in [6.07, 6.45) is 3.69. The molecule has 0 heterocycles. The number of carboxylic acid groups (broad SMARTS) is 1. The molecule has 0 radical (unpaired) electrons. The Balaban J connectivity index is 3.48. The van der Waals surface area contributed by atoms with Gasteiger partial charge >= 0.3 is 5.97 Å². The maximum Gasteiger partial charge on any atom is 0.320 e. The minimum Gasteiger partial charge on any atom is -0.480 e. The smallest absolute Gasteiger partial charge is 0.320 e. The Kier molecular flexibility index (Phi) is 4.53. The number of aliphatic carboxylic acids is 1. The molecule has 58 valence electrons. The fourth-order valence-corrected chi connectivity index (χ4v) is 0.440. The molecular weight excluding hydrogens is 132 g/mol. The number of hydrogen-bond acceptors (Lipinski definition) is 3. The second-order valence-corrected chi connectivity index (χ2v) is 1.89. The van der Waals surface area contributed by atoms with Crippen molar-refractivity contribution in [3.05, 3.63) is 12.2 Å². The average molecular weight is 144 g/mol. The first-order valence-corrected chi connectivity index (χ1v) is 3.02. The van der Waals surface area contributed by atoms with Crippen LogP contribution in [0.25, 0.3) is 0 Å². The van der Waals surface area contributed by atoms with Crippen LogP contribution in [0.15, 0.2) is 12.2 Å². The van der Waals surface area contributed by atoms with Gasteiger partial charge in [-0.15, -0.1) is 0 Å². The summed E-state index contributed by atoms with van der Waals surface area (Å²) in [5, 5.41) is 8.29. The second kappa shape index (κ2) is 4.96. The molecule has 0 aromatic heterocycles. The average Bonchev–Trinajstić information content (AvgIpc) is 1.88. The highest BCUT2D eigenvalue weighted by molar-refractivity contribution is 5.73. The minimum absolute atomic E-state index is 0.340. The largest absolute Gasteiger partial charge is 0.480 e. The van der Waals surface area contributed by atoms with Crippen LogP contribution in [-0.2, 0) is 4.79 Å². The van der Waals surface area contributed by atoms with Gasteiger partial charge in [-0.05, 0) is 6.42 Å². The van der Waals surface area contributed by atoms with E-state index < -0.39 is 12.0 Å².